The highest BCUT2D eigenvalue weighted by atomic mass is 16.6. The predicted molar refractivity (Wildman–Crippen MR) is 140 cm³/mol. The van der Waals surface area contributed by atoms with E-state index in [1.54, 1.807) is 11.8 Å². The summed E-state index contributed by atoms with van der Waals surface area (Å²) in [5, 5.41) is 2.52. The minimum atomic E-state index is -1.17. The molecule has 3 amide bonds. The molecule has 3 aliphatic rings. The SMILES string of the molecule is C/C=C1/CN2C/C1=C(/CC)CCCCC(C)(C)COC(=O)NCC(=O)C1C[C@@H](C[C@@]1(C)C(N)=O)OC2=O. The van der Waals surface area contributed by atoms with Crippen molar-refractivity contribution in [1.82, 2.24) is 10.2 Å². The molecule has 2 aliphatic heterocycles. The van der Waals surface area contributed by atoms with Crippen molar-refractivity contribution in [3.8, 4) is 0 Å². The maximum atomic E-state index is 13.1. The number of allylic oxidation sites excluding steroid dienone is 2. The van der Waals surface area contributed by atoms with Crippen LogP contribution in [0.5, 0.6) is 0 Å². The van der Waals surface area contributed by atoms with Gasteiger partial charge >= 0.3 is 12.2 Å². The molecule has 2 heterocycles. The molecule has 1 saturated carbocycles. The zero-order valence-electron chi connectivity index (χ0n) is 23.0. The van der Waals surface area contributed by atoms with E-state index in [9.17, 15) is 19.2 Å². The summed E-state index contributed by atoms with van der Waals surface area (Å²) < 4.78 is 11.2. The van der Waals surface area contributed by atoms with Crippen molar-refractivity contribution in [3.63, 3.8) is 0 Å². The van der Waals surface area contributed by atoms with E-state index in [0.29, 0.717) is 13.1 Å². The number of alkyl carbamates (subject to hydrolysis) is 1. The van der Waals surface area contributed by atoms with E-state index in [0.717, 1.165) is 37.7 Å². The number of hydrogen-bond acceptors (Lipinski definition) is 6. The van der Waals surface area contributed by atoms with Gasteiger partial charge in [-0.3, -0.25) is 14.5 Å². The van der Waals surface area contributed by atoms with Gasteiger partial charge in [-0.2, -0.15) is 0 Å². The van der Waals surface area contributed by atoms with Crippen LogP contribution in [0.25, 0.3) is 0 Å². The summed E-state index contributed by atoms with van der Waals surface area (Å²) in [5.41, 5.74) is 8.02. The van der Waals surface area contributed by atoms with E-state index in [1.807, 2.05) is 6.92 Å². The topological polar surface area (TPSA) is 128 Å². The number of primary amides is 1. The lowest BCUT2D eigenvalue weighted by molar-refractivity contribution is -0.136. The molecular formula is C28H43N3O6. The van der Waals surface area contributed by atoms with Crippen LogP contribution in [0.1, 0.15) is 79.6 Å². The Morgan fingerprint density at radius 2 is 1.92 bits per heavy atom. The van der Waals surface area contributed by atoms with Gasteiger partial charge in [-0.05, 0) is 68.9 Å². The molecule has 0 spiro atoms. The molecule has 0 radical (unpaired) electrons. The smallest absolute Gasteiger partial charge is 0.410 e. The molecule has 9 nitrogen and oxygen atoms in total. The van der Waals surface area contributed by atoms with E-state index >= 15 is 0 Å². The molecule has 37 heavy (non-hydrogen) atoms. The standard InChI is InChI=1S/C28H43N3O6/c1-6-18-10-8-9-11-27(3,4)17-36-25(34)30-14-23(32)22-12-20(13-28(22,5)24(29)33)37-26(35)31-15-19(7-2)21(18)16-31/h7,20,22H,6,8-17H2,1-5H3,(H2,29,33)(H,30,34)/b19-7-,21-18+/t20-,22?,28+/m0/s1. The van der Waals surface area contributed by atoms with Gasteiger partial charge in [0.2, 0.25) is 5.91 Å². The summed E-state index contributed by atoms with van der Waals surface area (Å²) in [6, 6.07) is 0. The third kappa shape index (κ3) is 6.73. The number of hydrogen-bond donors (Lipinski definition) is 2. The fraction of sp³-hybridized carbons (Fsp3) is 0.714. The van der Waals surface area contributed by atoms with Crippen LogP contribution < -0.4 is 11.1 Å². The van der Waals surface area contributed by atoms with Gasteiger partial charge in [0.25, 0.3) is 0 Å². The highest BCUT2D eigenvalue weighted by molar-refractivity contribution is 5.93. The first kappa shape index (κ1) is 28.7. The third-order valence-corrected chi connectivity index (χ3v) is 8.28. The van der Waals surface area contributed by atoms with Gasteiger partial charge in [0.1, 0.15) is 6.10 Å². The number of ketones is 1. The van der Waals surface area contributed by atoms with Crippen LogP contribution in [0.3, 0.4) is 0 Å². The number of amides is 3. The number of cyclic esters (lactones) is 1. The van der Waals surface area contributed by atoms with E-state index in [2.05, 4.69) is 32.2 Å². The van der Waals surface area contributed by atoms with E-state index < -0.39 is 35.5 Å². The minimum absolute atomic E-state index is 0.163. The third-order valence-electron chi connectivity index (χ3n) is 8.28. The Labute approximate surface area is 220 Å². The molecule has 3 N–H and O–H groups in total. The molecule has 3 atom stereocenters. The first-order valence-corrected chi connectivity index (χ1v) is 13.5. The van der Waals surface area contributed by atoms with Gasteiger partial charge in [0.05, 0.1) is 18.6 Å². The van der Waals surface area contributed by atoms with Crippen LogP contribution in [0.4, 0.5) is 9.59 Å². The van der Waals surface area contributed by atoms with Crippen LogP contribution in [-0.4, -0.2) is 61.1 Å². The van der Waals surface area contributed by atoms with Crippen LogP contribution >= 0.6 is 0 Å². The molecular weight excluding hydrogens is 474 g/mol. The molecule has 0 aromatic rings. The largest absolute Gasteiger partial charge is 0.449 e. The number of carbonyl (C=O) groups is 4. The molecule has 3 rings (SSSR count). The van der Waals surface area contributed by atoms with Gasteiger partial charge in [-0.25, -0.2) is 9.59 Å². The molecule has 1 saturated heterocycles. The maximum absolute atomic E-state index is 13.1. The Morgan fingerprint density at radius 1 is 1.19 bits per heavy atom. The fourth-order valence-electron chi connectivity index (χ4n) is 5.82. The van der Waals surface area contributed by atoms with Crippen molar-refractivity contribution < 1.29 is 28.7 Å². The normalized spacial score (nSPS) is 33.1. The van der Waals surface area contributed by atoms with Crippen molar-refractivity contribution in [2.24, 2.45) is 22.5 Å². The fourth-order valence-corrected chi connectivity index (χ4v) is 5.82. The average Bonchev–Trinajstić information content (AvgIpc) is 3.42. The zero-order valence-corrected chi connectivity index (χ0v) is 23.0. The summed E-state index contributed by atoms with van der Waals surface area (Å²) in [6.45, 7) is 10.8. The monoisotopic (exact) mass is 517 g/mol. The highest BCUT2D eigenvalue weighted by Gasteiger charge is 2.52. The zero-order chi connectivity index (χ0) is 27.4. The van der Waals surface area contributed by atoms with Crippen LogP contribution in [0, 0.1) is 16.7 Å². The second kappa shape index (κ2) is 11.7. The van der Waals surface area contributed by atoms with Gasteiger partial charge in [-0.15, -0.1) is 0 Å². The number of nitrogens with zero attached hydrogens (tertiary/aromatic N) is 1. The summed E-state index contributed by atoms with van der Waals surface area (Å²) >= 11 is 0. The number of Topliss-reactive ketones (excluding diaryl/α,β-unsaturated/α-hetero) is 1. The second-order valence-corrected chi connectivity index (χ2v) is 11.7. The Kier molecular flexibility index (Phi) is 9.08. The van der Waals surface area contributed by atoms with E-state index in [-0.39, 0.29) is 37.2 Å². The van der Waals surface area contributed by atoms with Gasteiger partial charge < -0.3 is 20.5 Å². The highest BCUT2D eigenvalue weighted by Crippen LogP contribution is 2.45. The number of nitrogens with two attached hydrogens (primary N) is 1. The number of rotatable bonds is 2. The lowest BCUT2D eigenvalue weighted by atomic mass is 9.77. The van der Waals surface area contributed by atoms with Crippen LogP contribution in [0.2, 0.25) is 0 Å². The molecule has 0 aromatic carbocycles. The first-order chi connectivity index (χ1) is 17.4. The second-order valence-electron chi connectivity index (χ2n) is 11.7. The van der Waals surface area contributed by atoms with Crippen molar-refractivity contribution in [3.05, 3.63) is 22.8 Å². The van der Waals surface area contributed by atoms with Crippen LogP contribution in [0.15, 0.2) is 22.8 Å². The predicted octanol–water partition coefficient (Wildman–Crippen LogP) is 4.26. The quantitative estimate of drug-likeness (QED) is 0.563. The van der Waals surface area contributed by atoms with Crippen molar-refractivity contribution in [2.45, 2.75) is 85.7 Å². The van der Waals surface area contributed by atoms with Crippen molar-refractivity contribution in [1.29, 1.82) is 0 Å². The van der Waals surface area contributed by atoms with Gasteiger partial charge in [-0.1, -0.05) is 38.8 Å². The number of fused-ring (bicyclic) bond motifs is 4. The molecule has 1 unspecified atom stereocenters. The first-order valence-electron chi connectivity index (χ1n) is 13.5. The lowest BCUT2D eigenvalue weighted by Crippen LogP contribution is -2.44. The maximum Gasteiger partial charge on any atom is 0.410 e. The Hall–Kier alpha value is -2.84. The number of nitrogens with one attached hydrogen (secondary N) is 1. The molecule has 206 valence electrons. The van der Waals surface area contributed by atoms with Crippen molar-refractivity contribution in [2.75, 3.05) is 26.2 Å². The summed E-state index contributed by atoms with van der Waals surface area (Å²) in [7, 11) is 0. The molecule has 1 aliphatic carbocycles. The average molecular weight is 518 g/mol. The van der Waals surface area contributed by atoms with Gasteiger partial charge in [0, 0.05) is 19.0 Å². The number of ether oxygens (including phenoxy) is 2. The summed E-state index contributed by atoms with van der Waals surface area (Å²) in [4.78, 5) is 52.6. The Morgan fingerprint density at radius 3 is 2.57 bits per heavy atom. The lowest BCUT2D eigenvalue weighted by Gasteiger charge is -2.27. The minimum Gasteiger partial charge on any atom is -0.449 e. The molecule has 0 aromatic heterocycles. The van der Waals surface area contributed by atoms with Crippen molar-refractivity contribution >= 4 is 23.9 Å². The van der Waals surface area contributed by atoms with Crippen LogP contribution in [-0.2, 0) is 19.1 Å². The molecule has 4 bridgehead atoms. The Bertz CT molecular complexity index is 984. The van der Waals surface area contributed by atoms with E-state index in [1.165, 1.54) is 11.1 Å². The number of carbonyl (C=O) groups excluding carboxylic acids is 4. The molecule has 2 fully saturated rings. The van der Waals surface area contributed by atoms with Gasteiger partial charge in [0.15, 0.2) is 5.78 Å². The summed E-state index contributed by atoms with van der Waals surface area (Å²) in [6.07, 6.45) is 5.41. The summed E-state index contributed by atoms with van der Waals surface area (Å²) in [5.74, 6) is -1.72. The molecule has 9 heteroatoms. The van der Waals surface area contributed by atoms with E-state index in [4.69, 9.17) is 15.2 Å². The Balaban J connectivity index is 1.87.